The summed E-state index contributed by atoms with van der Waals surface area (Å²) in [5.41, 5.74) is 2.51. The van der Waals surface area contributed by atoms with E-state index in [9.17, 15) is 18.0 Å². The fourth-order valence-corrected chi connectivity index (χ4v) is 6.05. The molecule has 2 fully saturated rings. The van der Waals surface area contributed by atoms with Gasteiger partial charge < -0.3 is 14.6 Å². The van der Waals surface area contributed by atoms with E-state index in [-0.39, 0.29) is 11.8 Å². The smallest absolute Gasteiger partial charge is 0.424 e. The highest BCUT2D eigenvalue weighted by molar-refractivity contribution is 5.81. The molecule has 1 saturated carbocycles. The lowest BCUT2D eigenvalue weighted by molar-refractivity contribution is -0.145. The number of oxazole rings is 1. The first-order valence-electron chi connectivity index (χ1n) is 14.3. The monoisotopic (exact) mass is 555 g/mol. The van der Waals surface area contributed by atoms with Crippen molar-refractivity contribution in [2.45, 2.75) is 76.9 Å². The standard InChI is InChI=1S/C30H36F3N5O2/c1-2-25(39)15-20-7-5-10-23(13-20)27-18-36-29(40-27)37-26-11-4-3-9-22(26)14-21-8-6-12-38(19-21)24-16-34-28(35-17-24)30(31,32)33/h5,7,10,13,16-18,21-22,26H,2-4,6,8-9,11-12,14-15,19H2,1H3,(H,36,37)/t21-,22+,26-/m1/s1. The maximum atomic E-state index is 12.9. The zero-order valence-electron chi connectivity index (χ0n) is 22.8. The van der Waals surface area contributed by atoms with Gasteiger partial charge in [-0.05, 0) is 55.6 Å². The summed E-state index contributed by atoms with van der Waals surface area (Å²) in [4.78, 5) is 25.6. The van der Waals surface area contributed by atoms with Gasteiger partial charge in [0.05, 0.1) is 24.3 Å². The van der Waals surface area contributed by atoms with Crippen LogP contribution in [0.2, 0.25) is 0 Å². The highest BCUT2D eigenvalue weighted by atomic mass is 19.4. The van der Waals surface area contributed by atoms with E-state index in [1.54, 1.807) is 6.20 Å². The molecule has 3 atom stereocenters. The summed E-state index contributed by atoms with van der Waals surface area (Å²) in [5, 5.41) is 3.56. The number of benzene rings is 1. The van der Waals surface area contributed by atoms with Gasteiger partial charge in [0.2, 0.25) is 5.82 Å². The Labute approximate surface area is 232 Å². The number of nitrogens with zero attached hydrogens (tertiary/aromatic N) is 4. The second-order valence-electron chi connectivity index (χ2n) is 11.0. The predicted molar refractivity (Wildman–Crippen MR) is 147 cm³/mol. The largest absolute Gasteiger partial charge is 0.451 e. The zero-order chi connectivity index (χ0) is 28.1. The summed E-state index contributed by atoms with van der Waals surface area (Å²) in [6.07, 6.45) is 8.34. The van der Waals surface area contributed by atoms with Crippen molar-refractivity contribution in [1.29, 1.82) is 0 Å². The number of anilines is 2. The molecule has 1 aliphatic heterocycles. The van der Waals surface area contributed by atoms with Crippen molar-refractivity contribution < 1.29 is 22.4 Å². The molecule has 1 N–H and O–H groups in total. The lowest BCUT2D eigenvalue weighted by Gasteiger charge is -2.38. The molecule has 3 aromatic rings. The normalized spacial score (nSPS) is 21.8. The molecular formula is C30H36F3N5O2. The molecule has 0 bridgehead atoms. The molecule has 1 aromatic carbocycles. The Morgan fingerprint density at radius 3 is 2.65 bits per heavy atom. The predicted octanol–water partition coefficient (Wildman–Crippen LogP) is 6.95. The Balaban J connectivity index is 1.20. The Morgan fingerprint density at radius 2 is 1.88 bits per heavy atom. The summed E-state index contributed by atoms with van der Waals surface area (Å²) < 4.78 is 44.7. The van der Waals surface area contributed by atoms with Crippen LogP contribution in [0.15, 0.2) is 47.3 Å². The number of piperidine rings is 1. The minimum absolute atomic E-state index is 0.203. The summed E-state index contributed by atoms with van der Waals surface area (Å²) in [6.45, 7) is 3.46. The van der Waals surface area contributed by atoms with E-state index in [4.69, 9.17) is 4.42 Å². The lowest BCUT2D eigenvalue weighted by Crippen LogP contribution is -2.39. The Hall–Kier alpha value is -3.43. The van der Waals surface area contributed by atoms with Gasteiger partial charge >= 0.3 is 6.18 Å². The number of hydrogen-bond donors (Lipinski definition) is 1. The molecule has 0 spiro atoms. The second kappa shape index (κ2) is 12.4. The number of rotatable bonds is 9. The third-order valence-electron chi connectivity index (χ3n) is 8.14. The molecule has 1 saturated heterocycles. The van der Waals surface area contributed by atoms with Gasteiger partial charge in [-0.15, -0.1) is 0 Å². The number of alkyl halides is 3. The molecule has 5 rings (SSSR count). The van der Waals surface area contributed by atoms with Gasteiger partial charge in [0.15, 0.2) is 5.76 Å². The highest BCUT2D eigenvalue weighted by Crippen LogP contribution is 2.36. The molecule has 2 aromatic heterocycles. The average molecular weight is 556 g/mol. The number of aromatic nitrogens is 3. The molecule has 0 radical (unpaired) electrons. The van der Waals surface area contributed by atoms with Gasteiger partial charge in [0.1, 0.15) is 5.78 Å². The molecule has 10 heteroatoms. The minimum Gasteiger partial charge on any atom is -0.424 e. The van der Waals surface area contributed by atoms with Crippen LogP contribution < -0.4 is 10.2 Å². The van der Waals surface area contributed by atoms with E-state index >= 15 is 0 Å². The number of carbonyl (C=O) groups excluding carboxylic acids is 1. The molecule has 2 aliphatic rings. The molecule has 0 amide bonds. The van der Waals surface area contributed by atoms with Crippen molar-refractivity contribution in [3.05, 3.63) is 54.2 Å². The van der Waals surface area contributed by atoms with Crippen LogP contribution in [0, 0.1) is 11.8 Å². The van der Waals surface area contributed by atoms with Crippen LogP contribution in [0.1, 0.15) is 69.7 Å². The molecule has 0 unspecified atom stereocenters. The van der Waals surface area contributed by atoms with Crippen LogP contribution >= 0.6 is 0 Å². The molecule has 40 heavy (non-hydrogen) atoms. The fourth-order valence-electron chi connectivity index (χ4n) is 6.05. The van der Waals surface area contributed by atoms with E-state index in [1.165, 1.54) is 18.8 Å². The van der Waals surface area contributed by atoms with Gasteiger partial charge in [-0.25, -0.2) is 15.0 Å². The van der Waals surface area contributed by atoms with Crippen LogP contribution in [-0.2, 0) is 17.4 Å². The Bertz CT molecular complexity index is 1280. The quantitative estimate of drug-likeness (QED) is 0.306. The third-order valence-corrected chi connectivity index (χ3v) is 8.14. The van der Waals surface area contributed by atoms with Crippen LogP contribution in [0.5, 0.6) is 0 Å². The van der Waals surface area contributed by atoms with Gasteiger partial charge in [-0.2, -0.15) is 13.2 Å². The Kier molecular flexibility index (Phi) is 8.71. The van der Waals surface area contributed by atoms with E-state index in [0.29, 0.717) is 42.1 Å². The maximum Gasteiger partial charge on any atom is 0.451 e. The molecule has 3 heterocycles. The second-order valence-corrected chi connectivity index (χ2v) is 11.0. The van der Waals surface area contributed by atoms with Crippen molar-refractivity contribution in [1.82, 2.24) is 15.0 Å². The first-order valence-corrected chi connectivity index (χ1v) is 14.3. The maximum absolute atomic E-state index is 12.9. The van der Waals surface area contributed by atoms with Crippen LogP contribution in [0.25, 0.3) is 11.3 Å². The lowest BCUT2D eigenvalue weighted by atomic mass is 9.77. The zero-order valence-corrected chi connectivity index (χ0v) is 22.8. The topological polar surface area (TPSA) is 84.2 Å². The molecule has 214 valence electrons. The SMILES string of the molecule is CCC(=O)Cc1cccc(-c2cnc(N[C@@H]3CCCC[C@H]3C[C@H]3CCCN(c4cnc(C(F)(F)F)nc4)C3)o2)c1. The van der Waals surface area contributed by atoms with Crippen LogP contribution in [-0.4, -0.2) is 39.9 Å². The van der Waals surface area contributed by atoms with Crippen LogP contribution in [0.3, 0.4) is 0 Å². The van der Waals surface area contributed by atoms with Gasteiger partial charge in [0, 0.05) is 37.5 Å². The number of halogens is 3. The number of ketones is 1. The molecule has 7 nitrogen and oxygen atoms in total. The number of Topliss-reactive ketones (excluding diaryl/α,β-unsaturated/α-hetero) is 1. The van der Waals surface area contributed by atoms with Crippen molar-refractivity contribution in [3.63, 3.8) is 0 Å². The number of hydrogen-bond acceptors (Lipinski definition) is 7. The minimum atomic E-state index is -4.53. The first-order chi connectivity index (χ1) is 19.3. The summed E-state index contributed by atoms with van der Waals surface area (Å²) in [7, 11) is 0. The number of carbonyl (C=O) groups is 1. The van der Waals surface area contributed by atoms with Crippen molar-refractivity contribution in [3.8, 4) is 11.3 Å². The van der Waals surface area contributed by atoms with Crippen molar-refractivity contribution >= 4 is 17.5 Å². The fraction of sp³-hybridized carbons (Fsp3) is 0.533. The molecular weight excluding hydrogens is 519 g/mol. The van der Waals surface area contributed by atoms with Crippen LogP contribution in [0.4, 0.5) is 24.9 Å². The average Bonchev–Trinajstić information content (AvgIpc) is 3.42. The van der Waals surface area contributed by atoms with E-state index in [2.05, 4.69) is 25.2 Å². The highest BCUT2D eigenvalue weighted by Gasteiger charge is 2.35. The summed E-state index contributed by atoms with van der Waals surface area (Å²) in [6, 6.07) is 8.59. The number of nitrogens with one attached hydrogen (secondary N) is 1. The van der Waals surface area contributed by atoms with Gasteiger partial charge in [-0.3, -0.25) is 4.79 Å². The van der Waals surface area contributed by atoms with Crippen molar-refractivity contribution in [2.24, 2.45) is 11.8 Å². The van der Waals surface area contributed by atoms with Gasteiger partial charge in [-0.1, -0.05) is 38.0 Å². The van der Waals surface area contributed by atoms with E-state index in [1.807, 2.05) is 31.2 Å². The summed E-state index contributed by atoms with van der Waals surface area (Å²) >= 11 is 0. The first kappa shape index (κ1) is 28.1. The van der Waals surface area contributed by atoms with Crippen molar-refractivity contribution in [2.75, 3.05) is 23.3 Å². The van der Waals surface area contributed by atoms with E-state index < -0.39 is 12.0 Å². The summed E-state index contributed by atoms with van der Waals surface area (Å²) in [5.74, 6) is 0.671. The third kappa shape index (κ3) is 7.01. The molecule has 1 aliphatic carbocycles. The van der Waals surface area contributed by atoms with E-state index in [0.717, 1.165) is 62.7 Å². The Morgan fingerprint density at radius 1 is 1.07 bits per heavy atom. The van der Waals surface area contributed by atoms with Gasteiger partial charge in [0.25, 0.3) is 6.01 Å².